The van der Waals surface area contributed by atoms with Crippen LogP contribution in [0.2, 0.25) is 0 Å². The number of halogens is 2. The minimum Gasteiger partial charge on any atom is -0.508 e. The second-order valence-electron chi connectivity index (χ2n) is 4.03. The number of aromatic hydroxyl groups is 1. The smallest absolute Gasteiger partial charge is 0.254 e. The number of carbonyl (C=O) groups excluding carboxylic acids is 1. The van der Waals surface area contributed by atoms with Gasteiger partial charge in [-0.3, -0.25) is 4.79 Å². The zero-order chi connectivity index (χ0) is 11.8. The number of hydrogen-bond acceptors (Lipinski definition) is 2. The SMILES string of the molecule is O=C(NC1(CBr)CC1)c1ccc(O)cc1F. The summed E-state index contributed by atoms with van der Waals surface area (Å²) in [7, 11) is 0. The van der Waals surface area contributed by atoms with Crippen LogP contribution in [0.15, 0.2) is 18.2 Å². The van der Waals surface area contributed by atoms with E-state index in [4.69, 9.17) is 5.11 Å². The van der Waals surface area contributed by atoms with E-state index < -0.39 is 11.7 Å². The summed E-state index contributed by atoms with van der Waals surface area (Å²) in [6, 6.07) is 3.51. The van der Waals surface area contributed by atoms with Crippen LogP contribution in [0.1, 0.15) is 23.2 Å². The van der Waals surface area contributed by atoms with E-state index in [0.29, 0.717) is 5.33 Å². The van der Waals surface area contributed by atoms with Crippen LogP contribution >= 0.6 is 15.9 Å². The van der Waals surface area contributed by atoms with Gasteiger partial charge in [0.05, 0.1) is 11.1 Å². The van der Waals surface area contributed by atoms with Gasteiger partial charge in [-0.2, -0.15) is 0 Å². The maximum atomic E-state index is 13.4. The first-order valence-electron chi connectivity index (χ1n) is 4.93. The van der Waals surface area contributed by atoms with E-state index in [-0.39, 0.29) is 16.9 Å². The Kier molecular flexibility index (Phi) is 2.88. The molecule has 1 aliphatic carbocycles. The van der Waals surface area contributed by atoms with E-state index >= 15 is 0 Å². The quantitative estimate of drug-likeness (QED) is 0.838. The van der Waals surface area contributed by atoms with Crippen molar-refractivity contribution in [1.82, 2.24) is 5.32 Å². The van der Waals surface area contributed by atoms with E-state index in [0.717, 1.165) is 18.9 Å². The average Bonchev–Trinajstić information content (AvgIpc) is 2.98. The minimum atomic E-state index is -0.706. The van der Waals surface area contributed by atoms with Crippen LogP contribution in [-0.2, 0) is 0 Å². The third-order valence-corrected chi connectivity index (χ3v) is 3.76. The summed E-state index contributed by atoms with van der Waals surface area (Å²) < 4.78 is 13.4. The molecule has 3 nitrogen and oxygen atoms in total. The number of alkyl halides is 1. The van der Waals surface area contributed by atoms with Crippen molar-refractivity contribution in [3.63, 3.8) is 0 Å². The van der Waals surface area contributed by atoms with Crippen molar-refractivity contribution in [3.8, 4) is 5.75 Å². The highest BCUT2D eigenvalue weighted by Crippen LogP contribution is 2.37. The van der Waals surface area contributed by atoms with Gasteiger partial charge >= 0.3 is 0 Å². The first-order chi connectivity index (χ1) is 7.56. The summed E-state index contributed by atoms with van der Waals surface area (Å²) in [4.78, 5) is 11.7. The third-order valence-electron chi connectivity index (χ3n) is 2.69. The Morgan fingerprint density at radius 2 is 2.25 bits per heavy atom. The Labute approximate surface area is 101 Å². The topological polar surface area (TPSA) is 49.3 Å². The van der Waals surface area contributed by atoms with Crippen molar-refractivity contribution in [2.45, 2.75) is 18.4 Å². The first kappa shape index (κ1) is 11.4. The van der Waals surface area contributed by atoms with Gasteiger partial charge in [0.25, 0.3) is 5.91 Å². The molecule has 0 aromatic heterocycles. The fourth-order valence-corrected chi connectivity index (χ4v) is 2.14. The Morgan fingerprint density at radius 3 is 2.75 bits per heavy atom. The molecule has 0 spiro atoms. The zero-order valence-electron chi connectivity index (χ0n) is 8.46. The Hall–Kier alpha value is -1.10. The number of hydrogen-bond donors (Lipinski definition) is 2. The molecule has 0 aliphatic heterocycles. The standard InChI is InChI=1S/C11H11BrFNO2/c12-6-11(3-4-11)14-10(16)8-2-1-7(15)5-9(8)13/h1-2,5,15H,3-4,6H2,(H,14,16). The molecule has 0 unspecified atom stereocenters. The molecule has 16 heavy (non-hydrogen) atoms. The Balaban J connectivity index is 2.15. The highest BCUT2D eigenvalue weighted by Gasteiger charge is 2.43. The molecule has 1 fully saturated rings. The van der Waals surface area contributed by atoms with Crippen molar-refractivity contribution in [3.05, 3.63) is 29.6 Å². The van der Waals surface area contributed by atoms with Gasteiger partial charge in [0, 0.05) is 11.4 Å². The Morgan fingerprint density at radius 1 is 1.56 bits per heavy atom. The summed E-state index contributed by atoms with van der Waals surface area (Å²) in [5.74, 6) is -1.33. The van der Waals surface area contributed by atoms with Crippen LogP contribution in [0.5, 0.6) is 5.75 Å². The molecule has 0 radical (unpaired) electrons. The summed E-state index contributed by atoms with van der Waals surface area (Å²) in [6.45, 7) is 0. The van der Waals surface area contributed by atoms with Gasteiger partial charge < -0.3 is 10.4 Å². The second-order valence-corrected chi connectivity index (χ2v) is 4.59. The maximum absolute atomic E-state index is 13.4. The highest BCUT2D eigenvalue weighted by atomic mass is 79.9. The number of phenolic OH excluding ortho intramolecular Hbond substituents is 1. The molecule has 0 heterocycles. The van der Waals surface area contributed by atoms with E-state index in [1.165, 1.54) is 12.1 Å². The second kappa shape index (κ2) is 4.05. The predicted octanol–water partition coefficient (Wildman–Crippen LogP) is 2.19. The normalized spacial score (nSPS) is 16.9. The van der Waals surface area contributed by atoms with Crippen LogP contribution in [0.4, 0.5) is 4.39 Å². The molecule has 5 heteroatoms. The molecule has 1 saturated carbocycles. The van der Waals surface area contributed by atoms with Crippen LogP contribution in [0, 0.1) is 5.82 Å². The monoisotopic (exact) mass is 287 g/mol. The molecule has 1 aromatic rings. The van der Waals surface area contributed by atoms with E-state index in [1.54, 1.807) is 0 Å². The fourth-order valence-electron chi connectivity index (χ4n) is 1.44. The van der Waals surface area contributed by atoms with Crippen molar-refractivity contribution in [2.75, 3.05) is 5.33 Å². The fraction of sp³-hybridized carbons (Fsp3) is 0.364. The molecule has 0 bridgehead atoms. The molecule has 1 aromatic carbocycles. The van der Waals surface area contributed by atoms with Crippen molar-refractivity contribution >= 4 is 21.8 Å². The van der Waals surface area contributed by atoms with Crippen molar-refractivity contribution in [1.29, 1.82) is 0 Å². The van der Waals surface area contributed by atoms with Crippen LogP contribution in [-0.4, -0.2) is 21.9 Å². The van der Waals surface area contributed by atoms with Crippen molar-refractivity contribution < 1.29 is 14.3 Å². The van der Waals surface area contributed by atoms with Gasteiger partial charge in [-0.1, -0.05) is 15.9 Å². The molecule has 2 N–H and O–H groups in total. The average molecular weight is 288 g/mol. The van der Waals surface area contributed by atoms with E-state index in [2.05, 4.69) is 21.2 Å². The predicted molar refractivity (Wildman–Crippen MR) is 61.3 cm³/mol. The molecule has 0 atom stereocenters. The summed E-state index contributed by atoms with van der Waals surface area (Å²) in [5, 5.41) is 12.5. The molecule has 1 aliphatic rings. The van der Waals surface area contributed by atoms with Gasteiger partial charge in [0.1, 0.15) is 11.6 Å². The van der Waals surface area contributed by atoms with Crippen LogP contribution < -0.4 is 5.32 Å². The molecule has 2 rings (SSSR count). The third kappa shape index (κ3) is 2.19. The Bertz CT molecular complexity index is 432. The number of phenols is 1. The van der Waals surface area contributed by atoms with E-state index in [9.17, 15) is 9.18 Å². The first-order valence-corrected chi connectivity index (χ1v) is 6.05. The number of nitrogens with one attached hydrogen (secondary N) is 1. The lowest BCUT2D eigenvalue weighted by molar-refractivity contribution is 0.0932. The lowest BCUT2D eigenvalue weighted by Gasteiger charge is -2.14. The highest BCUT2D eigenvalue weighted by molar-refractivity contribution is 9.09. The maximum Gasteiger partial charge on any atom is 0.254 e. The number of benzene rings is 1. The minimum absolute atomic E-state index is 0.0370. The number of rotatable bonds is 3. The summed E-state index contributed by atoms with van der Waals surface area (Å²) in [6.07, 6.45) is 1.81. The summed E-state index contributed by atoms with van der Waals surface area (Å²) >= 11 is 3.32. The summed E-state index contributed by atoms with van der Waals surface area (Å²) in [5.41, 5.74) is -0.244. The largest absolute Gasteiger partial charge is 0.508 e. The zero-order valence-corrected chi connectivity index (χ0v) is 10.1. The van der Waals surface area contributed by atoms with Gasteiger partial charge in [-0.05, 0) is 25.0 Å². The molecular formula is C11H11BrFNO2. The lowest BCUT2D eigenvalue weighted by Crippen LogP contribution is -2.38. The van der Waals surface area contributed by atoms with Crippen LogP contribution in [0.3, 0.4) is 0 Å². The van der Waals surface area contributed by atoms with Crippen LogP contribution in [0.25, 0.3) is 0 Å². The van der Waals surface area contributed by atoms with Gasteiger partial charge in [0.15, 0.2) is 0 Å². The van der Waals surface area contributed by atoms with Gasteiger partial charge in [-0.25, -0.2) is 4.39 Å². The molecule has 1 amide bonds. The lowest BCUT2D eigenvalue weighted by atomic mass is 10.1. The molecule has 0 saturated heterocycles. The molecular weight excluding hydrogens is 277 g/mol. The molecule has 86 valence electrons. The van der Waals surface area contributed by atoms with Gasteiger partial charge in [-0.15, -0.1) is 0 Å². The van der Waals surface area contributed by atoms with Gasteiger partial charge in [0.2, 0.25) is 0 Å². The number of amides is 1. The van der Waals surface area contributed by atoms with Crippen molar-refractivity contribution in [2.24, 2.45) is 0 Å². The van der Waals surface area contributed by atoms with E-state index in [1.807, 2.05) is 0 Å². The number of carbonyl (C=O) groups is 1.